The number of aliphatic hydroxyl groups excluding tert-OH is 1. The third kappa shape index (κ3) is 3.82. The average molecular weight is 346 g/mol. The summed E-state index contributed by atoms with van der Waals surface area (Å²) in [6, 6.07) is 4.09. The van der Waals surface area contributed by atoms with E-state index in [1.54, 1.807) is 6.92 Å². The van der Waals surface area contributed by atoms with Crippen LogP contribution >= 0.6 is 22.6 Å². The van der Waals surface area contributed by atoms with E-state index < -0.39 is 6.36 Å². The fraction of sp³-hybridized carbons (Fsp3) is 0.400. The van der Waals surface area contributed by atoms with Crippen molar-refractivity contribution < 1.29 is 23.0 Å². The molecule has 0 heterocycles. The summed E-state index contributed by atoms with van der Waals surface area (Å²) in [6.07, 6.45) is -4.69. The van der Waals surface area contributed by atoms with Crippen LogP contribution in [0.5, 0.6) is 5.75 Å². The number of aliphatic hydroxyl groups is 1. The van der Waals surface area contributed by atoms with Crippen molar-refractivity contribution in [1.29, 1.82) is 0 Å². The van der Waals surface area contributed by atoms with E-state index in [1.807, 2.05) is 22.6 Å². The summed E-state index contributed by atoms with van der Waals surface area (Å²) in [5.74, 6) is -0.480. The molecule has 0 aliphatic carbocycles. The quantitative estimate of drug-likeness (QED) is 0.852. The molecule has 0 aromatic heterocycles. The average Bonchev–Trinajstić information content (AvgIpc) is 2.18. The Kier molecular flexibility index (Phi) is 4.43. The molecular formula is C10H10F3IO2. The second-order valence-electron chi connectivity index (χ2n) is 3.31. The Morgan fingerprint density at radius 3 is 2.56 bits per heavy atom. The van der Waals surface area contributed by atoms with Gasteiger partial charge in [0, 0.05) is 16.1 Å². The molecule has 1 aromatic rings. The van der Waals surface area contributed by atoms with Gasteiger partial charge >= 0.3 is 6.36 Å². The maximum absolute atomic E-state index is 12.0. The normalized spacial score (nSPS) is 13.6. The van der Waals surface area contributed by atoms with Crippen molar-refractivity contribution in [3.8, 4) is 5.75 Å². The lowest BCUT2D eigenvalue weighted by Gasteiger charge is -2.14. The summed E-state index contributed by atoms with van der Waals surface area (Å²) < 4.78 is 40.6. The van der Waals surface area contributed by atoms with Crippen LogP contribution < -0.4 is 4.74 Å². The second kappa shape index (κ2) is 5.22. The summed E-state index contributed by atoms with van der Waals surface area (Å²) >= 11 is 2.00. The van der Waals surface area contributed by atoms with Gasteiger partial charge in [0.15, 0.2) is 0 Å². The predicted octanol–water partition coefficient (Wildman–Crippen LogP) is 3.29. The minimum atomic E-state index is -4.69. The number of ether oxygens (including phenoxy) is 1. The Labute approximate surface area is 105 Å². The highest BCUT2D eigenvalue weighted by molar-refractivity contribution is 14.1. The lowest BCUT2D eigenvalue weighted by Crippen LogP contribution is -2.17. The Morgan fingerprint density at radius 2 is 2.06 bits per heavy atom. The van der Waals surface area contributed by atoms with E-state index in [1.165, 1.54) is 18.2 Å². The van der Waals surface area contributed by atoms with Gasteiger partial charge in [-0.25, -0.2) is 0 Å². The highest BCUT2D eigenvalue weighted by Gasteiger charge is 2.31. The lowest BCUT2D eigenvalue weighted by atomic mass is 10.0. The molecule has 0 amide bonds. The summed E-state index contributed by atoms with van der Waals surface area (Å²) in [6.45, 7) is 1.61. The second-order valence-corrected chi connectivity index (χ2v) is 4.48. The van der Waals surface area contributed by atoms with Gasteiger partial charge < -0.3 is 9.84 Å². The van der Waals surface area contributed by atoms with Crippen molar-refractivity contribution in [2.24, 2.45) is 0 Å². The standard InChI is InChI=1S/C10H10F3IO2/c1-6(5-15)8-4-7(2-3-9(8)14)16-10(11,12)13/h2-4,6,15H,5H2,1H3. The molecule has 1 unspecified atom stereocenters. The Balaban J connectivity index is 2.98. The van der Waals surface area contributed by atoms with E-state index >= 15 is 0 Å². The van der Waals surface area contributed by atoms with Crippen molar-refractivity contribution in [2.75, 3.05) is 6.61 Å². The molecule has 1 rings (SSSR count). The third-order valence-electron chi connectivity index (χ3n) is 2.01. The van der Waals surface area contributed by atoms with E-state index in [2.05, 4.69) is 4.74 Å². The Bertz CT molecular complexity index is 366. The number of benzene rings is 1. The van der Waals surface area contributed by atoms with Gasteiger partial charge in [-0.2, -0.15) is 0 Å². The van der Waals surface area contributed by atoms with Crippen LogP contribution in [0.4, 0.5) is 13.2 Å². The highest BCUT2D eigenvalue weighted by Crippen LogP contribution is 2.29. The smallest absolute Gasteiger partial charge is 0.406 e. The molecule has 0 saturated heterocycles. The zero-order valence-corrected chi connectivity index (χ0v) is 10.5. The van der Waals surface area contributed by atoms with Crippen LogP contribution in [0.1, 0.15) is 18.4 Å². The van der Waals surface area contributed by atoms with Crippen LogP contribution in [0.25, 0.3) is 0 Å². The van der Waals surface area contributed by atoms with Gasteiger partial charge in [-0.15, -0.1) is 13.2 Å². The molecule has 0 saturated carbocycles. The maximum atomic E-state index is 12.0. The molecule has 0 bridgehead atoms. The van der Waals surface area contributed by atoms with E-state index in [9.17, 15) is 13.2 Å². The first-order valence-electron chi connectivity index (χ1n) is 4.49. The molecule has 0 radical (unpaired) electrons. The summed E-state index contributed by atoms with van der Waals surface area (Å²) in [5, 5.41) is 8.97. The lowest BCUT2D eigenvalue weighted by molar-refractivity contribution is -0.274. The molecular weight excluding hydrogens is 336 g/mol. The minimum Gasteiger partial charge on any atom is -0.406 e. The number of alkyl halides is 3. The van der Waals surface area contributed by atoms with Crippen molar-refractivity contribution >= 4 is 22.6 Å². The van der Waals surface area contributed by atoms with Crippen LogP contribution in [-0.2, 0) is 0 Å². The summed E-state index contributed by atoms with van der Waals surface area (Å²) in [4.78, 5) is 0. The minimum absolute atomic E-state index is 0.120. The van der Waals surface area contributed by atoms with Crippen molar-refractivity contribution in [3.05, 3.63) is 27.3 Å². The number of halogens is 4. The number of rotatable bonds is 3. The molecule has 0 fully saturated rings. The van der Waals surface area contributed by atoms with Gasteiger partial charge in [0.05, 0.1) is 0 Å². The molecule has 16 heavy (non-hydrogen) atoms. The van der Waals surface area contributed by atoms with Crippen molar-refractivity contribution in [1.82, 2.24) is 0 Å². The van der Waals surface area contributed by atoms with E-state index in [0.717, 1.165) is 3.57 Å². The van der Waals surface area contributed by atoms with Crippen LogP contribution in [0.3, 0.4) is 0 Å². The predicted molar refractivity (Wildman–Crippen MR) is 61.3 cm³/mol. The maximum Gasteiger partial charge on any atom is 0.573 e. The van der Waals surface area contributed by atoms with Gasteiger partial charge in [-0.1, -0.05) is 6.92 Å². The Morgan fingerprint density at radius 1 is 1.44 bits per heavy atom. The van der Waals surface area contributed by atoms with Crippen LogP contribution in [0, 0.1) is 3.57 Å². The molecule has 1 atom stereocenters. The first-order chi connectivity index (χ1) is 7.33. The molecule has 0 spiro atoms. The van der Waals surface area contributed by atoms with Gasteiger partial charge in [0.25, 0.3) is 0 Å². The fourth-order valence-electron chi connectivity index (χ4n) is 1.19. The van der Waals surface area contributed by atoms with E-state index in [-0.39, 0.29) is 18.3 Å². The zero-order valence-electron chi connectivity index (χ0n) is 8.38. The van der Waals surface area contributed by atoms with Gasteiger partial charge in [-0.3, -0.25) is 0 Å². The molecule has 6 heteroatoms. The molecule has 0 aliphatic rings. The zero-order chi connectivity index (χ0) is 12.3. The number of hydrogen-bond donors (Lipinski definition) is 1. The van der Waals surface area contributed by atoms with Crippen molar-refractivity contribution in [2.45, 2.75) is 19.2 Å². The van der Waals surface area contributed by atoms with Crippen LogP contribution in [0.2, 0.25) is 0 Å². The first-order valence-corrected chi connectivity index (χ1v) is 5.57. The molecule has 1 N–H and O–H groups in total. The van der Waals surface area contributed by atoms with Crippen LogP contribution in [-0.4, -0.2) is 18.1 Å². The topological polar surface area (TPSA) is 29.5 Å². The molecule has 90 valence electrons. The summed E-state index contributed by atoms with van der Waals surface area (Å²) in [7, 11) is 0. The first kappa shape index (κ1) is 13.6. The molecule has 2 nitrogen and oxygen atoms in total. The molecule has 0 aliphatic heterocycles. The highest BCUT2D eigenvalue weighted by atomic mass is 127. The summed E-state index contributed by atoms with van der Waals surface area (Å²) in [5.41, 5.74) is 0.643. The largest absolute Gasteiger partial charge is 0.573 e. The van der Waals surface area contributed by atoms with Crippen LogP contribution in [0.15, 0.2) is 18.2 Å². The third-order valence-corrected chi connectivity index (χ3v) is 2.99. The fourth-order valence-corrected chi connectivity index (χ4v) is 2.06. The van der Waals surface area contributed by atoms with Gasteiger partial charge in [-0.05, 0) is 46.4 Å². The van der Waals surface area contributed by atoms with Crippen molar-refractivity contribution in [3.63, 3.8) is 0 Å². The van der Waals surface area contributed by atoms with Gasteiger partial charge in [0.1, 0.15) is 5.75 Å². The van der Waals surface area contributed by atoms with E-state index in [0.29, 0.717) is 5.56 Å². The SMILES string of the molecule is CC(CO)c1cc(OC(F)(F)F)ccc1I. The number of hydrogen-bond acceptors (Lipinski definition) is 2. The Hall–Kier alpha value is -0.500. The monoisotopic (exact) mass is 346 g/mol. The molecule has 1 aromatic carbocycles. The van der Waals surface area contributed by atoms with E-state index in [4.69, 9.17) is 5.11 Å². The van der Waals surface area contributed by atoms with Gasteiger partial charge in [0.2, 0.25) is 0 Å².